The third kappa shape index (κ3) is 5.14. The lowest BCUT2D eigenvalue weighted by Crippen LogP contribution is -2.38. The van der Waals surface area contributed by atoms with Crippen molar-refractivity contribution in [1.82, 2.24) is 4.90 Å². The minimum absolute atomic E-state index is 0.0287. The van der Waals surface area contributed by atoms with E-state index >= 15 is 0 Å². The van der Waals surface area contributed by atoms with Crippen molar-refractivity contribution in [3.05, 3.63) is 58.9 Å². The van der Waals surface area contributed by atoms with Gasteiger partial charge < -0.3 is 14.6 Å². The highest BCUT2D eigenvalue weighted by Crippen LogP contribution is 2.26. The molecule has 6 heteroatoms. The number of halogens is 1. The van der Waals surface area contributed by atoms with E-state index in [2.05, 4.69) is 4.90 Å². The van der Waals surface area contributed by atoms with Gasteiger partial charge in [0.1, 0.15) is 5.75 Å². The summed E-state index contributed by atoms with van der Waals surface area (Å²) in [5.74, 6) is 0.140. The van der Waals surface area contributed by atoms with E-state index in [-0.39, 0.29) is 24.1 Å². The topological polar surface area (TPSA) is 59.0 Å². The van der Waals surface area contributed by atoms with Gasteiger partial charge in [-0.15, -0.1) is 0 Å². The summed E-state index contributed by atoms with van der Waals surface area (Å²) in [5.41, 5.74) is 2.22. The number of ketones is 1. The third-order valence-electron chi connectivity index (χ3n) is 5.31. The van der Waals surface area contributed by atoms with Crippen molar-refractivity contribution in [2.24, 2.45) is 5.92 Å². The molecule has 5 nitrogen and oxygen atoms in total. The van der Waals surface area contributed by atoms with Gasteiger partial charge in [-0.05, 0) is 62.2 Å². The molecule has 1 aliphatic rings. The van der Waals surface area contributed by atoms with Gasteiger partial charge in [-0.3, -0.25) is 9.69 Å². The van der Waals surface area contributed by atoms with Crippen LogP contribution in [0.25, 0.3) is 0 Å². The van der Waals surface area contributed by atoms with Crippen LogP contribution in [0.1, 0.15) is 41.3 Å². The van der Waals surface area contributed by atoms with E-state index in [1.165, 1.54) is 19.2 Å². The molecule has 0 unspecified atom stereocenters. The Balaban J connectivity index is 1.67. The summed E-state index contributed by atoms with van der Waals surface area (Å²) < 4.78 is 24.5. The Hall–Kier alpha value is -2.44. The van der Waals surface area contributed by atoms with Crippen LogP contribution in [0.5, 0.6) is 11.5 Å². The summed E-state index contributed by atoms with van der Waals surface area (Å²) in [5, 5.41) is 9.60. The molecule has 1 N–H and O–H groups in total. The molecule has 0 bridgehead atoms. The summed E-state index contributed by atoms with van der Waals surface area (Å²) in [4.78, 5) is 15.1. The van der Waals surface area contributed by atoms with E-state index in [1.807, 2.05) is 25.1 Å². The summed E-state index contributed by atoms with van der Waals surface area (Å²) >= 11 is 0. The lowest BCUT2D eigenvalue weighted by Gasteiger charge is -2.32. The Morgan fingerprint density at radius 2 is 2.03 bits per heavy atom. The van der Waals surface area contributed by atoms with Crippen LogP contribution in [0.2, 0.25) is 0 Å². The quantitative estimate of drug-likeness (QED) is 0.682. The minimum Gasteiger partial charge on any atom is -0.494 e. The Labute approximate surface area is 171 Å². The molecule has 0 aliphatic carbocycles. The van der Waals surface area contributed by atoms with Crippen LogP contribution in [0.3, 0.4) is 0 Å². The number of carbonyl (C=O) groups is 1. The summed E-state index contributed by atoms with van der Waals surface area (Å²) in [6, 6.07) is 10.2. The summed E-state index contributed by atoms with van der Waals surface area (Å²) in [7, 11) is 1.40. The van der Waals surface area contributed by atoms with E-state index in [4.69, 9.17) is 9.47 Å². The van der Waals surface area contributed by atoms with Crippen LogP contribution in [0, 0.1) is 11.7 Å². The van der Waals surface area contributed by atoms with E-state index in [0.29, 0.717) is 31.0 Å². The molecule has 0 saturated carbocycles. The molecule has 0 spiro atoms. The fraction of sp³-hybridized carbons (Fsp3) is 0.435. The molecular formula is C23H28FNO4. The Morgan fingerprint density at radius 3 is 2.72 bits per heavy atom. The molecule has 3 rings (SSSR count). The van der Waals surface area contributed by atoms with Gasteiger partial charge >= 0.3 is 0 Å². The molecular weight excluding hydrogens is 373 g/mol. The number of hydrogen-bond acceptors (Lipinski definition) is 5. The van der Waals surface area contributed by atoms with Crippen molar-refractivity contribution in [2.45, 2.75) is 32.9 Å². The number of piperidine rings is 1. The van der Waals surface area contributed by atoms with Gasteiger partial charge in [-0.2, -0.15) is 0 Å². The monoisotopic (exact) mass is 401 g/mol. The standard InChI is InChI=1S/C23H28FNO4/c1-3-29-21-8-6-16(11-19(21)15-26)13-25-10-4-5-18(14-25)23(27)17-7-9-22(28-2)20(24)12-17/h6-9,11-12,18,26H,3-5,10,13-15H2,1-2H3/t18-/m1/s1. The molecule has 1 saturated heterocycles. The average Bonchev–Trinajstić information content (AvgIpc) is 2.74. The number of ether oxygens (including phenoxy) is 2. The zero-order chi connectivity index (χ0) is 20.8. The Morgan fingerprint density at radius 1 is 1.24 bits per heavy atom. The van der Waals surface area contributed by atoms with Gasteiger partial charge in [0.05, 0.1) is 20.3 Å². The lowest BCUT2D eigenvalue weighted by atomic mass is 9.89. The van der Waals surface area contributed by atoms with Crippen LogP contribution in [0.15, 0.2) is 36.4 Å². The predicted octanol–water partition coefficient (Wildman–Crippen LogP) is 3.82. The predicted molar refractivity (Wildman–Crippen MR) is 109 cm³/mol. The van der Waals surface area contributed by atoms with Gasteiger partial charge in [0.15, 0.2) is 17.3 Å². The number of likely N-dealkylation sites (tertiary alicyclic amines) is 1. The van der Waals surface area contributed by atoms with Crippen molar-refractivity contribution in [3.8, 4) is 11.5 Å². The van der Waals surface area contributed by atoms with Crippen molar-refractivity contribution in [1.29, 1.82) is 0 Å². The smallest absolute Gasteiger partial charge is 0.167 e. The number of rotatable bonds is 8. The zero-order valence-electron chi connectivity index (χ0n) is 17.0. The number of Topliss-reactive ketones (excluding diaryl/α,β-unsaturated/α-hetero) is 1. The van der Waals surface area contributed by atoms with Crippen molar-refractivity contribution >= 4 is 5.78 Å². The number of hydrogen-bond donors (Lipinski definition) is 1. The highest BCUT2D eigenvalue weighted by molar-refractivity contribution is 5.98. The first-order valence-corrected chi connectivity index (χ1v) is 10.0. The van der Waals surface area contributed by atoms with Crippen molar-refractivity contribution in [2.75, 3.05) is 26.8 Å². The summed E-state index contributed by atoms with van der Waals surface area (Å²) in [6.07, 6.45) is 1.72. The van der Waals surface area contributed by atoms with Gasteiger partial charge in [0, 0.05) is 30.1 Å². The molecule has 0 radical (unpaired) electrons. The van der Waals surface area contributed by atoms with Gasteiger partial charge in [0.2, 0.25) is 0 Å². The highest BCUT2D eigenvalue weighted by atomic mass is 19.1. The van der Waals surface area contributed by atoms with Crippen LogP contribution in [0.4, 0.5) is 4.39 Å². The van der Waals surface area contributed by atoms with Crippen molar-refractivity contribution in [3.63, 3.8) is 0 Å². The average molecular weight is 401 g/mol. The molecule has 0 amide bonds. The van der Waals surface area contributed by atoms with Gasteiger partial charge in [0.25, 0.3) is 0 Å². The Kier molecular flexibility index (Phi) is 7.23. The molecule has 1 atom stereocenters. The first-order chi connectivity index (χ1) is 14.0. The van der Waals surface area contributed by atoms with Crippen LogP contribution >= 0.6 is 0 Å². The molecule has 0 aromatic heterocycles. The number of benzene rings is 2. The largest absolute Gasteiger partial charge is 0.494 e. The van der Waals surface area contributed by atoms with Gasteiger partial charge in [-0.1, -0.05) is 6.07 Å². The number of carbonyl (C=O) groups excluding carboxylic acids is 1. The first-order valence-electron chi connectivity index (χ1n) is 10.0. The maximum absolute atomic E-state index is 14.0. The second kappa shape index (κ2) is 9.85. The van der Waals surface area contributed by atoms with Crippen LogP contribution < -0.4 is 9.47 Å². The second-order valence-electron chi connectivity index (χ2n) is 7.32. The molecule has 1 fully saturated rings. The first kappa shape index (κ1) is 21.3. The molecule has 2 aromatic carbocycles. The summed E-state index contributed by atoms with van der Waals surface area (Å²) in [6.45, 7) is 4.62. The molecule has 29 heavy (non-hydrogen) atoms. The maximum atomic E-state index is 14.0. The van der Waals surface area contributed by atoms with Crippen molar-refractivity contribution < 1.29 is 23.8 Å². The number of methoxy groups -OCH3 is 1. The van der Waals surface area contributed by atoms with E-state index in [9.17, 15) is 14.3 Å². The number of aliphatic hydroxyl groups is 1. The molecule has 1 aliphatic heterocycles. The fourth-order valence-corrected chi connectivity index (χ4v) is 3.88. The van der Waals surface area contributed by atoms with E-state index < -0.39 is 5.82 Å². The molecule has 156 valence electrons. The van der Waals surface area contributed by atoms with Gasteiger partial charge in [-0.25, -0.2) is 4.39 Å². The fourth-order valence-electron chi connectivity index (χ4n) is 3.88. The lowest BCUT2D eigenvalue weighted by molar-refractivity contribution is 0.0811. The van der Waals surface area contributed by atoms with E-state index in [1.54, 1.807) is 6.07 Å². The third-order valence-corrected chi connectivity index (χ3v) is 5.31. The second-order valence-corrected chi connectivity index (χ2v) is 7.32. The number of nitrogens with zero attached hydrogens (tertiary/aromatic N) is 1. The van der Waals surface area contributed by atoms with E-state index in [0.717, 1.165) is 30.5 Å². The molecule has 1 heterocycles. The SMILES string of the molecule is CCOc1ccc(CN2CCC[C@@H](C(=O)c3ccc(OC)c(F)c3)C2)cc1CO. The normalized spacial score (nSPS) is 17.2. The number of aliphatic hydroxyl groups excluding tert-OH is 1. The zero-order valence-corrected chi connectivity index (χ0v) is 17.0. The molecule has 2 aromatic rings. The highest BCUT2D eigenvalue weighted by Gasteiger charge is 2.27. The Bertz CT molecular complexity index is 855. The van der Waals surface area contributed by atoms with Crippen LogP contribution in [-0.2, 0) is 13.2 Å². The maximum Gasteiger partial charge on any atom is 0.167 e. The minimum atomic E-state index is -0.517. The van der Waals surface area contributed by atoms with Crippen LogP contribution in [-0.4, -0.2) is 42.6 Å².